The van der Waals surface area contributed by atoms with Crippen LogP contribution in [0.1, 0.15) is 27.4 Å². The molecule has 0 radical (unpaired) electrons. The van der Waals surface area contributed by atoms with Crippen molar-refractivity contribution in [3.05, 3.63) is 66.2 Å². The number of rotatable bonds is 6. The van der Waals surface area contributed by atoms with Crippen LogP contribution in [-0.2, 0) is 20.1 Å². The molecule has 1 amide bonds. The van der Waals surface area contributed by atoms with E-state index in [-0.39, 0.29) is 5.91 Å². The summed E-state index contributed by atoms with van der Waals surface area (Å²) in [5.41, 5.74) is 3.78. The highest BCUT2D eigenvalue weighted by Gasteiger charge is 2.25. The highest BCUT2D eigenvalue weighted by Crippen LogP contribution is 2.30. The molecule has 4 rings (SSSR count). The van der Waals surface area contributed by atoms with Gasteiger partial charge in [0.05, 0.1) is 37.2 Å². The second-order valence-electron chi connectivity index (χ2n) is 6.52. The van der Waals surface area contributed by atoms with Crippen LogP contribution in [-0.4, -0.2) is 32.5 Å². The zero-order valence-corrected chi connectivity index (χ0v) is 15.9. The zero-order chi connectivity index (χ0) is 19.7. The maximum absolute atomic E-state index is 13.6. The number of amides is 1. The number of methoxy groups -OCH3 is 1. The van der Waals surface area contributed by atoms with Crippen molar-refractivity contribution < 1.29 is 18.4 Å². The standard InChI is InChI=1S/C20H20N4O4/c1-13-19(17-6-16(26-3)4-5-18(17)23(13)2)20(25)24(7-14-9-27-11-21-14)8-15-10-28-12-22-15/h4-6,9-12H,7-8H2,1-3H3. The summed E-state index contributed by atoms with van der Waals surface area (Å²) in [6.07, 6.45) is 5.76. The second-order valence-corrected chi connectivity index (χ2v) is 6.52. The maximum atomic E-state index is 13.6. The van der Waals surface area contributed by atoms with Crippen LogP contribution in [0.2, 0.25) is 0 Å². The molecule has 0 aliphatic heterocycles. The minimum absolute atomic E-state index is 0.123. The molecule has 0 spiro atoms. The van der Waals surface area contributed by atoms with Crippen LogP contribution in [0.15, 0.2) is 52.3 Å². The average molecular weight is 380 g/mol. The van der Waals surface area contributed by atoms with Gasteiger partial charge in [0.15, 0.2) is 12.8 Å². The van der Waals surface area contributed by atoms with Crippen LogP contribution in [0, 0.1) is 6.92 Å². The molecule has 0 fully saturated rings. The minimum atomic E-state index is -0.123. The number of aryl methyl sites for hydroxylation is 1. The van der Waals surface area contributed by atoms with Gasteiger partial charge in [-0.25, -0.2) is 9.97 Å². The second kappa shape index (κ2) is 7.22. The Morgan fingerprint density at radius 2 is 1.79 bits per heavy atom. The van der Waals surface area contributed by atoms with Crippen LogP contribution in [0.4, 0.5) is 0 Å². The van der Waals surface area contributed by atoms with Gasteiger partial charge in [0.1, 0.15) is 18.3 Å². The third kappa shape index (κ3) is 3.13. The van der Waals surface area contributed by atoms with Crippen LogP contribution in [0.3, 0.4) is 0 Å². The first-order valence-corrected chi connectivity index (χ1v) is 8.75. The van der Waals surface area contributed by atoms with Crippen LogP contribution in [0.25, 0.3) is 10.9 Å². The number of fused-ring (bicyclic) bond motifs is 1. The molecular formula is C20H20N4O4. The molecule has 1 aromatic carbocycles. The quantitative estimate of drug-likeness (QED) is 0.510. The molecule has 0 unspecified atom stereocenters. The van der Waals surface area contributed by atoms with E-state index in [0.29, 0.717) is 35.8 Å². The summed E-state index contributed by atoms with van der Waals surface area (Å²) in [7, 11) is 3.56. The topological polar surface area (TPSA) is 86.5 Å². The number of carbonyl (C=O) groups is 1. The Morgan fingerprint density at radius 3 is 2.32 bits per heavy atom. The van der Waals surface area contributed by atoms with Crippen molar-refractivity contribution in [3.8, 4) is 5.75 Å². The lowest BCUT2D eigenvalue weighted by Gasteiger charge is -2.21. The first-order valence-electron chi connectivity index (χ1n) is 8.75. The van der Waals surface area contributed by atoms with E-state index in [2.05, 4.69) is 9.97 Å². The van der Waals surface area contributed by atoms with Gasteiger partial charge in [-0.3, -0.25) is 4.79 Å². The molecule has 3 aromatic heterocycles. The molecular weight excluding hydrogens is 360 g/mol. The monoisotopic (exact) mass is 380 g/mol. The highest BCUT2D eigenvalue weighted by atomic mass is 16.5. The van der Waals surface area contributed by atoms with Crippen molar-refractivity contribution in [1.29, 1.82) is 0 Å². The van der Waals surface area contributed by atoms with Gasteiger partial charge in [-0.1, -0.05) is 0 Å². The van der Waals surface area contributed by atoms with E-state index in [0.717, 1.165) is 16.6 Å². The predicted octanol–water partition coefficient (Wildman–Crippen LogP) is 3.31. The van der Waals surface area contributed by atoms with E-state index in [1.807, 2.05) is 36.7 Å². The lowest BCUT2D eigenvalue weighted by atomic mass is 10.1. The smallest absolute Gasteiger partial charge is 0.257 e. The van der Waals surface area contributed by atoms with Gasteiger partial charge in [-0.05, 0) is 25.1 Å². The third-order valence-corrected chi connectivity index (χ3v) is 4.87. The number of hydrogen-bond donors (Lipinski definition) is 0. The zero-order valence-electron chi connectivity index (χ0n) is 15.9. The van der Waals surface area contributed by atoms with Crippen LogP contribution < -0.4 is 4.74 Å². The largest absolute Gasteiger partial charge is 0.497 e. The number of carbonyl (C=O) groups excluding carboxylic acids is 1. The number of aromatic nitrogens is 3. The molecule has 0 aliphatic carbocycles. The van der Waals surface area contributed by atoms with Gasteiger partial charge in [0.2, 0.25) is 0 Å². The SMILES string of the molecule is COc1ccc2c(c1)c(C(=O)N(Cc1cocn1)Cc1cocn1)c(C)n2C. The fourth-order valence-electron chi connectivity index (χ4n) is 3.33. The Hall–Kier alpha value is -3.55. The molecule has 0 bridgehead atoms. The molecule has 0 aliphatic rings. The van der Waals surface area contributed by atoms with E-state index in [4.69, 9.17) is 13.6 Å². The molecule has 8 nitrogen and oxygen atoms in total. The van der Waals surface area contributed by atoms with Gasteiger partial charge in [-0.2, -0.15) is 0 Å². The predicted molar refractivity (Wildman–Crippen MR) is 101 cm³/mol. The van der Waals surface area contributed by atoms with E-state index >= 15 is 0 Å². The molecule has 0 saturated heterocycles. The molecule has 0 N–H and O–H groups in total. The van der Waals surface area contributed by atoms with E-state index < -0.39 is 0 Å². The fraction of sp³-hybridized carbons (Fsp3) is 0.250. The van der Waals surface area contributed by atoms with E-state index in [9.17, 15) is 4.79 Å². The first-order chi connectivity index (χ1) is 13.6. The average Bonchev–Trinajstić information content (AvgIpc) is 3.44. The van der Waals surface area contributed by atoms with Crippen molar-refractivity contribution in [1.82, 2.24) is 19.4 Å². The molecule has 8 heteroatoms. The summed E-state index contributed by atoms with van der Waals surface area (Å²) in [6, 6.07) is 5.73. The summed E-state index contributed by atoms with van der Waals surface area (Å²) in [5.74, 6) is 0.578. The number of ether oxygens (including phenoxy) is 1. The van der Waals surface area contributed by atoms with Crippen molar-refractivity contribution in [2.45, 2.75) is 20.0 Å². The van der Waals surface area contributed by atoms with Gasteiger partial charge < -0.3 is 23.0 Å². The summed E-state index contributed by atoms with van der Waals surface area (Å²) >= 11 is 0. The van der Waals surface area contributed by atoms with Crippen LogP contribution >= 0.6 is 0 Å². The Labute approximate surface area is 161 Å². The maximum Gasteiger partial charge on any atom is 0.257 e. The van der Waals surface area contributed by atoms with Gasteiger partial charge >= 0.3 is 0 Å². The number of oxazole rings is 2. The van der Waals surface area contributed by atoms with Crippen molar-refractivity contribution in [3.63, 3.8) is 0 Å². The van der Waals surface area contributed by atoms with Crippen LogP contribution in [0.5, 0.6) is 5.75 Å². The van der Waals surface area contributed by atoms with Crippen molar-refractivity contribution >= 4 is 16.8 Å². The molecule has 4 aromatic rings. The Morgan fingerprint density at radius 1 is 1.14 bits per heavy atom. The fourth-order valence-corrected chi connectivity index (χ4v) is 3.33. The Kier molecular flexibility index (Phi) is 4.60. The lowest BCUT2D eigenvalue weighted by molar-refractivity contribution is 0.0726. The first kappa shape index (κ1) is 17.8. The molecule has 0 atom stereocenters. The number of benzene rings is 1. The van der Waals surface area contributed by atoms with Crippen molar-refractivity contribution in [2.75, 3.05) is 7.11 Å². The molecule has 144 valence electrons. The summed E-state index contributed by atoms with van der Waals surface area (Å²) < 4.78 is 17.5. The van der Waals surface area contributed by atoms with Gasteiger partial charge in [-0.15, -0.1) is 0 Å². The third-order valence-electron chi connectivity index (χ3n) is 4.87. The number of hydrogen-bond acceptors (Lipinski definition) is 6. The van der Waals surface area contributed by atoms with E-state index in [1.54, 1.807) is 12.0 Å². The number of nitrogens with zero attached hydrogens (tertiary/aromatic N) is 4. The molecule has 28 heavy (non-hydrogen) atoms. The lowest BCUT2D eigenvalue weighted by Crippen LogP contribution is -2.31. The summed E-state index contributed by atoms with van der Waals surface area (Å²) in [4.78, 5) is 23.6. The normalized spacial score (nSPS) is 11.1. The van der Waals surface area contributed by atoms with Crippen molar-refractivity contribution in [2.24, 2.45) is 7.05 Å². The summed E-state index contributed by atoms with van der Waals surface area (Å²) in [6.45, 7) is 2.52. The van der Waals surface area contributed by atoms with E-state index in [1.165, 1.54) is 25.3 Å². The minimum Gasteiger partial charge on any atom is -0.497 e. The Balaban J connectivity index is 1.78. The van der Waals surface area contributed by atoms with Gasteiger partial charge in [0, 0.05) is 23.6 Å². The molecule has 0 saturated carbocycles. The molecule has 3 heterocycles. The van der Waals surface area contributed by atoms with Gasteiger partial charge in [0.25, 0.3) is 5.91 Å². The highest BCUT2D eigenvalue weighted by molar-refractivity contribution is 6.08. The summed E-state index contributed by atoms with van der Waals surface area (Å²) in [5, 5.41) is 0.842. The Bertz CT molecular complexity index is 1060.